The fourth-order valence-electron chi connectivity index (χ4n) is 3.54. The topological polar surface area (TPSA) is 76.9 Å². The lowest BCUT2D eigenvalue weighted by molar-refractivity contribution is 0.0955. The number of aryl methyl sites for hydroxylation is 1. The van der Waals surface area contributed by atoms with Crippen molar-refractivity contribution >= 4 is 28.6 Å². The van der Waals surface area contributed by atoms with Gasteiger partial charge in [-0.2, -0.15) is 0 Å². The smallest absolute Gasteiger partial charge is 0.263 e. The lowest BCUT2D eigenvalue weighted by Crippen LogP contribution is -2.31. The number of thiophene rings is 1. The minimum absolute atomic E-state index is 0.0555. The summed E-state index contributed by atoms with van der Waals surface area (Å²) in [6.45, 7) is 2.62. The molecule has 0 unspecified atom stereocenters. The van der Waals surface area contributed by atoms with Gasteiger partial charge in [0.15, 0.2) is 0 Å². The molecule has 8 heteroatoms. The van der Waals surface area contributed by atoms with Crippen LogP contribution in [0.25, 0.3) is 9.88 Å². The Morgan fingerprint density at radius 3 is 2.89 bits per heavy atom. The molecular formula is C20H22N4O2S2. The molecule has 6 nitrogen and oxygen atoms in total. The molecule has 1 N–H and O–H groups in total. The Labute approximate surface area is 171 Å². The minimum atomic E-state index is -0.151. The fourth-order valence-corrected chi connectivity index (χ4v) is 5.32. The monoisotopic (exact) mass is 414 g/mol. The van der Waals surface area contributed by atoms with Gasteiger partial charge in [0.05, 0.1) is 22.6 Å². The molecule has 1 aliphatic rings. The van der Waals surface area contributed by atoms with Gasteiger partial charge in [0.1, 0.15) is 9.88 Å². The number of nitrogens with zero attached hydrogens (tertiary/aromatic N) is 3. The molecule has 28 heavy (non-hydrogen) atoms. The quantitative estimate of drug-likeness (QED) is 0.665. The second-order valence-corrected chi connectivity index (χ2v) is 8.94. The third-order valence-electron chi connectivity index (χ3n) is 5.05. The number of hydrogen-bond acceptors (Lipinski definition) is 6. The SMILES string of the molecule is Cc1nc(-c2cccs2)sc1C(=O)NCCn1cnc(C2CCCC2)cc1=O. The molecular weight excluding hydrogens is 392 g/mol. The van der Waals surface area contributed by atoms with Crippen molar-refractivity contribution in [1.29, 1.82) is 0 Å². The van der Waals surface area contributed by atoms with Crippen LogP contribution in [0, 0.1) is 6.92 Å². The van der Waals surface area contributed by atoms with Crippen molar-refractivity contribution in [3.8, 4) is 9.88 Å². The predicted molar refractivity (Wildman–Crippen MR) is 112 cm³/mol. The molecule has 4 rings (SSSR count). The van der Waals surface area contributed by atoms with Crippen molar-refractivity contribution in [3.05, 3.63) is 56.5 Å². The molecule has 3 heterocycles. The number of hydrogen-bond donors (Lipinski definition) is 1. The summed E-state index contributed by atoms with van der Waals surface area (Å²) in [6.07, 6.45) is 6.27. The second kappa shape index (κ2) is 8.36. The van der Waals surface area contributed by atoms with E-state index in [-0.39, 0.29) is 11.5 Å². The van der Waals surface area contributed by atoms with Gasteiger partial charge in [0.2, 0.25) is 0 Å². The van der Waals surface area contributed by atoms with Gasteiger partial charge in [-0.3, -0.25) is 14.2 Å². The molecule has 0 spiro atoms. The van der Waals surface area contributed by atoms with Crippen molar-refractivity contribution in [2.24, 2.45) is 0 Å². The van der Waals surface area contributed by atoms with Crippen molar-refractivity contribution in [3.63, 3.8) is 0 Å². The summed E-state index contributed by atoms with van der Waals surface area (Å²) in [4.78, 5) is 35.5. The minimum Gasteiger partial charge on any atom is -0.349 e. The number of aromatic nitrogens is 3. The third-order valence-corrected chi connectivity index (χ3v) is 7.24. The van der Waals surface area contributed by atoms with Gasteiger partial charge in [-0.15, -0.1) is 22.7 Å². The first-order valence-electron chi connectivity index (χ1n) is 9.47. The van der Waals surface area contributed by atoms with Crippen LogP contribution in [0.3, 0.4) is 0 Å². The highest BCUT2D eigenvalue weighted by molar-refractivity contribution is 7.22. The van der Waals surface area contributed by atoms with E-state index in [0.717, 1.165) is 34.1 Å². The normalized spacial score (nSPS) is 14.5. The van der Waals surface area contributed by atoms with E-state index in [0.29, 0.717) is 23.9 Å². The first kappa shape index (κ1) is 19.0. The van der Waals surface area contributed by atoms with E-state index >= 15 is 0 Å². The molecule has 0 atom stereocenters. The summed E-state index contributed by atoms with van der Waals surface area (Å²) in [5.41, 5.74) is 1.58. The Bertz CT molecular complexity index is 1020. The maximum absolute atomic E-state index is 12.5. The average molecular weight is 415 g/mol. The Hall–Kier alpha value is -2.32. The van der Waals surface area contributed by atoms with E-state index in [4.69, 9.17) is 0 Å². The van der Waals surface area contributed by atoms with Gasteiger partial charge in [-0.1, -0.05) is 18.9 Å². The van der Waals surface area contributed by atoms with E-state index in [2.05, 4.69) is 15.3 Å². The van der Waals surface area contributed by atoms with Crippen LogP contribution in [0.5, 0.6) is 0 Å². The third kappa shape index (κ3) is 4.07. The summed E-state index contributed by atoms with van der Waals surface area (Å²) in [5.74, 6) is 0.273. The molecule has 0 aromatic carbocycles. The van der Waals surface area contributed by atoms with Gasteiger partial charge in [0, 0.05) is 25.1 Å². The number of thiazole rings is 1. The fraction of sp³-hybridized carbons (Fsp3) is 0.400. The van der Waals surface area contributed by atoms with E-state index < -0.39 is 0 Å². The van der Waals surface area contributed by atoms with E-state index in [1.165, 1.54) is 24.2 Å². The molecule has 3 aromatic rings. The summed E-state index contributed by atoms with van der Waals surface area (Å²) in [6, 6.07) is 5.62. The van der Waals surface area contributed by atoms with E-state index in [9.17, 15) is 9.59 Å². The standard InChI is InChI=1S/C20H22N4O2S2/c1-13-18(28-20(23-13)16-7-4-10-27-16)19(26)21-8-9-24-12-22-15(11-17(24)25)14-5-2-3-6-14/h4,7,10-12,14H,2-3,5-6,8-9H2,1H3,(H,21,26). The molecule has 3 aromatic heterocycles. The van der Waals surface area contributed by atoms with Gasteiger partial charge in [-0.25, -0.2) is 9.97 Å². The van der Waals surface area contributed by atoms with E-state index in [1.807, 2.05) is 24.4 Å². The van der Waals surface area contributed by atoms with Crippen LogP contribution in [-0.2, 0) is 6.54 Å². The first-order valence-corrected chi connectivity index (χ1v) is 11.2. The van der Waals surface area contributed by atoms with Crippen LogP contribution >= 0.6 is 22.7 Å². The summed E-state index contributed by atoms with van der Waals surface area (Å²) >= 11 is 3.00. The van der Waals surface area contributed by atoms with Crippen molar-refractivity contribution in [2.45, 2.75) is 45.1 Å². The number of carbonyl (C=O) groups is 1. The summed E-state index contributed by atoms with van der Waals surface area (Å²) in [5, 5.41) is 5.75. The zero-order valence-electron chi connectivity index (χ0n) is 15.7. The van der Waals surface area contributed by atoms with Crippen molar-refractivity contribution in [2.75, 3.05) is 6.54 Å². The molecule has 0 saturated heterocycles. The Morgan fingerprint density at radius 1 is 1.36 bits per heavy atom. The Balaban J connectivity index is 1.36. The van der Waals surface area contributed by atoms with Crippen molar-refractivity contribution < 1.29 is 4.79 Å². The van der Waals surface area contributed by atoms with Crippen LogP contribution in [0.4, 0.5) is 0 Å². The lowest BCUT2D eigenvalue weighted by atomic mass is 10.0. The Morgan fingerprint density at radius 2 is 2.18 bits per heavy atom. The molecule has 0 radical (unpaired) electrons. The van der Waals surface area contributed by atoms with Crippen LogP contribution in [0.15, 0.2) is 34.7 Å². The molecule has 1 saturated carbocycles. The molecule has 1 amide bonds. The zero-order chi connectivity index (χ0) is 19.5. The number of rotatable bonds is 6. The highest BCUT2D eigenvalue weighted by Gasteiger charge is 2.19. The number of amides is 1. The van der Waals surface area contributed by atoms with Crippen LogP contribution in [-0.4, -0.2) is 27.0 Å². The molecule has 0 aliphatic heterocycles. The van der Waals surface area contributed by atoms with E-state index in [1.54, 1.807) is 28.3 Å². The van der Waals surface area contributed by atoms with Gasteiger partial charge in [-0.05, 0) is 31.2 Å². The highest BCUT2D eigenvalue weighted by Crippen LogP contribution is 2.32. The molecule has 0 bridgehead atoms. The average Bonchev–Trinajstić information content (AvgIpc) is 3.44. The van der Waals surface area contributed by atoms with Gasteiger partial charge < -0.3 is 5.32 Å². The van der Waals surface area contributed by atoms with Crippen LogP contribution < -0.4 is 10.9 Å². The molecule has 1 fully saturated rings. The predicted octanol–water partition coefficient (Wildman–Crippen LogP) is 3.82. The van der Waals surface area contributed by atoms with Crippen LogP contribution in [0.2, 0.25) is 0 Å². The van der Waals surface area contributed by atoms with Gasteiger partial charge >= 0.3 is 0 Å². The van der Waals surface area contributed by atoms with Crippen molar-refractivity contribution in [1.82, 2.24) is 19.9 Å². The first-order chi connectivity index (χ1) is 13.6. The van der Waals surface area contributed by atoms with Gasteiger partial charge in [0.25, 0.3) is 11.5 Å². The second-order valence-electron chi connectivity index (χ2n) is 6.99. The number of carbonyl (C=O) groups excluding carboxylic acids is 1. The molecule has 146 valence electrons. The zero-order valence-corrected chi connectivity index (χ0v) is 17.3. The Kier molecular flexibility index (Phi) is 5.68. The maximum Gasteiger partial charge on any atom is 0.263 e. The molecule has 1 aliphatic carbocycles. The largest absolute Gasteiger partial charge is 0.349 e. The summed E-state index contributed by atoms with van der Waals surface area (Å²) < 4.78 is 1.55. The summed E-state index contributed by atoms with van der Waals surface area (Å²) in [7, 11) is 0. The number of nitrogens with one attached hydrogen (secondary N) is 1. The van der Waals surface area contributed by atoms with Crippen LogP contribution in [0.1, 0.15) is 52.7 Å². The lowest BCUT2D eigenvalue weighted by Gasteiger charge is -2.10. The maximum atomic E-state index is 12.5. The highest BCUT2D eigenvalue weighted by atomic mass is 32.1.